The van der Waals surface area contributed by atoms with Crippen LogP contribution >= 0.6 is 0 Å². The third-order valence-corrected chi connectivity index (χ3v) is 1.80. The average molecular weight is 161 g/mol. The monoisotopic (exact) mass is 161 g/mol. The van der Waals surface area contributed by atoms with Gasteiger partial charge in [-0.2, -0.15) is 9.98 Å². The van der Waals surface area contributed by atoms with E-state index in [9.17, 15) is 4.79 Å². The van der Waals surface area contributed by atoms with Crippen LogP contribution in [0.3, 0.4) is 0 Å². The summed E-state index contributed by atoms with van der Waals surface area (Å²) in [6.45, 7) is 1.87. The third-order valence-electron chi connectivity index (χ3n) is 1.80. The second-order valence-electron chi connectivity index (χ2n) is 2.70. The van der Waals surface area contributed by atoms with Gasteiger partial charge in [-0.05, 0) is 24.6 Å². The highest BCUT2D eigenvalue weighted by atomic mass is 16.2. The van der Waals surface area contributed by atoms with Crippen molar-refractivity contribution in [2.45, 2.75) is 6.92 Å². The molecule has 1 aromatic carbocycles. The molecule has 0 saturated carbocycles. The fourth-order valence-corrected chi connectivity index (χ4v) is 1.11. The van der Waals surface area contributed by atoms with E-state index in [4.69, 9.17) is 5.73 Å². The van der Waals surface area contributed by atoms with Gasteiger partial charge in [0.2, 0.25) is 0 Å². The first kappa shape index (κ1) is 6.97. The van der Waals surface area contributed by atoms with E-state index < -0.39 is 6.03 Å². The number of amides is 2. The minimum absolute atomic E-state index is 0.449. The Hall–Kier alpha value is -1.71. The molecule has 4 heteroatoms. The second-order valence-corrected chi connectivity index (χ2v) is 2.70. The van der Waals surface area contributed by atoms with Crippen molar-refractivity contribution in [1.82, 2.24) is 0 Å². The van der Waals surface area contributed by atoms with Gasteiger partial charge in [0.1, 0.15) is 0 Å². The van der Waals surface area contributed by atoms with Gasteiger partial charge in [0.05, 0.1) is 10.7 Å². The Balaban J connectivity index is 2.89. The minimum Gasteiger partial charge on any atom is -0.398 e. The van der Waals surface area contributed by atoms with Gasteiger partial charge in [-0.15, -0.1) is 0 Å². The molecule has 1 aliphatic heterocycles. The minimum atomic E-state index is -0.449. The molecule has 1 aromatic rings. The summed E-state index contributed by atoms with van der Waals surface area (Å²) >= 11 is 0. The highest BCUT2D eigenvalue weighted by molar-refractivity contribution is 5.77. The molecule has 2 N–H and O–H groups in total. The van der Waals surface area contributed by atoms with Crippen LogP contribution in [0, 0.1) is 6.92 Å². The molecule has 0 saturated heterocycles. The van der Waals surface area contributed by atoms with Gasteiger partial charge in [-0.3, -0.25) is 0 Å². The molecule has 0 atom stereocenters. The van der Waals surface area contributed by atoms with Crippen molar-refractivity contribution in [3.63, 3.8) is 0 Å². The second kappa shape index (κ2) is 2.14. The van der Waals surface area contributed by atoms with Gasteiger partial charge < -0.3 is 5.73 Å². The Morgan fingerprint density at radius 2 is 1.83 bits per heavy atom. The number of carbonyl (C=O) groups is 1. The Bertz CT molecular complexity index is 433. The zero-order valence-corrected chi connectivity index (χ0v) is 6.53. The smallest absolute Gasteiger partial charge is 0.368 e. The van der Waals surface area contributed by atoms with Crippen molar-refractivity contribution in [3.05, 3.63) is 28.4 Å². The lowest BCUT2D eigenvalue weighted by Crippen LogP contribution is -2.22. The molecule has 12 heavy (non-hydrogen) atoms. The first-order valence-electron chi connectivity index (χ1n) is 3.54. The lowest BCUT2D eigenvalue weighted by atomic mass is 10.2. The molecule has 1 heterocycles. The number of nitrogen functional groups attached to an aromatic ring is 1. The van der Waals surface area contributed by atoms with Gasteiger partial charge >= 0.3 is 6.03 Å². The van der Waals surface area contributed by atoms with E-state index in [0.29, 0.717) is 16.4 Å². The number of hydrogen-bond acceptors (Lipinski definition) is 2. The van der Waals surface area contributed by atoms with Gasteiger partial charge in [-0.25, -0.2) is 4.79 Å². The summed E-state index contributed by atoms with van der Waals surface area (Å²) in [6, 6.07) is 2.98. The van der Waals surface area contributed by atoms with Gasteiger partial charge in [0.25, 0.3) is 0 Å². The molecule has 4 nitrogen and oxygen atoms in total. The maximum atomic E-state index is 10.7. The Morgan fingerprint density at radius 3 is 2.50 bits per heavy atom. The van der Waals surface area contributed by atoms with Crippen LogP contribution in [0.1, 0.15) is 5.56 Å². The zero-order valence-electron chi connectivity index (χ0n) is 6.53. The van der Waals surface area contributed by atoms with E-state index in [0.717, 1.165) is 5.56 Å². The van der Waals surface area contributed by atoms with Crippen molar-refractivity contribution in [3.8, 4) is 0 Å². The summed E-state index contributed by atoms with van der Waals surface area (Å²) in [4.78, 5) is 18.1. The van der Waals surface area contributed by atoms with Gasteiger partial charge in [-0.1, -0.05) is 0 Å². The Morgan fingerprint density at radius 1 is 1.25 bits per heavy atom. The van der Waals surface area contributed by atoms with Crippen molar-refractivity contribution in [2.24, 2.45) is 9.98 Å². The van der Waals surface area contributed by atoms with Crippen LogP contribution in [0.15, 0.2) is 22.1 Å². The number of carbonyl (C=O) groups excluding carboxylic acids is 1. The molecule has 0 aliphatic carbocycles. The predicted molar refractivity (Wildman–Crippen MR) is 43.3 cm³/mol. The van der Waals surface area contributed by atoms with Crippen LogP contribution in [0.4, 0.5) is 10.5 Å². The summed E-state index contributed by atoms with van der Waals surface area (Å²) < 4.78 is 0. The highest BCUT2D eigenvalue weighted by Gasteiger charge is 2.05. The van der Waals surface area contributed by atoms with Crippen LogP contribution < -0.4 is 16.4 Å². The quantitative estimate of drug-likeness (QED) is 0.542. The molecule has 2 amide bonds. The van der Waals surface area contributed by atoms with Crippen LogP contribution in [0.5, 0.6) is 0 Å². The summed E-state index contributed by atoms with van der Waals surface area (Å²) in [5.41, 5.74) is 7.19. The zero-order chi connectivity index (χ0) is 8.72. The normalized spacial score (nSPS) is 13.6. The van der Waals surface area contributed by atoms with Gasteiger partial charge in [0, 0.05) is 5.69 Å². The number of hydrogen-bond donors (Lipinski definition) is 1. The number of benzene rings is 1. The molecular formula is C8H7N3O. The largest absolute Gasteiger partial charge is 0.398 e. The highest BCUT2D eigenvalue weighted by Crippen LogP contribution is 2.03. The van der Waals surface area contributed by atoms with Crippen LogP contribution in [-0.4, -0.2) is 6.03 Å². The van der Waals surface area contributed by atoms with Crippen molar-refractivity contribution >= 4 is 11.7 Å². The van der Waals surface area contributed by atoms with Gasteiger partial charge in [0.15, 0.2) is 0 Å². The standard InChI is InChI=1S/C8H7N3O/c1-4-2-6-7(3-5(4)9)11-8(12)10-6/h2-3H,9H2,1H3. The lowest BCUT2D eigenvalue weighted by Gasteiger charge is -1.94. The fourth-order valence-electron chi connectivity index (χ4n) is 1.11. The topological polar surface area (TPSA) is 67.8 Å². The van der Waals surface area contributed by atoms with Crippen LogP contribution in [0.2, 0.25) is 0 Å². The van der Waals surface area contributed by atoms with Crippen LogP contribution in [0.25, 0.3) is 0 Å². The Labute approximate surface area is 68.4 Å². The first-order chi connectivity index (χ1) is 5.66. The lowest BCUT2D eigenvalue weighted by molar-refractivity contribution is 0.256. The summed E-state index contributed by atoms with van der Waals surface area (Å²) in [7, 11) is 0. The average Bonchev–Trinajstić information content (AvgIpc) is 2.30. The van der Waals surface area contributed by atoms with Crippen molar-refractivity contribution in [1.29, 1.82) is 0 Å². The number of urea groups is 1. The van der Waals surface area contributed by atoms with E-state index in [1.807, 2.05) is 6.92 Å². The maximum Gasteiger partial charge on any atom is 0.368 e. The number of nitrogens with zero attached hydrogens (tertiary/aromatic N) is 2. The molecule has 0 bridgehead atoms. The van der Waals surface area contributed by atoms with E-state index in [-0.39, 0.29) is 0 Å². The van der Waals surface area contributed by atoms with Crippen molar-refractivity contribution in [2.75, 3.05) is 5.73 Å². The predicted octanol–water partition coefficient (Wildman–Crippen LogP) is -0.0500. The molecular weight excluding hydrogens is 154 g/mol. The van der Waals surface area contributed by atoms with Crippen LogP contribution in [-0.2, 0) is 0 Å². The van der Waals surface area contributed by atoms with E-state index in [1.54, 1.807) is 12.1 Å². The number of aryl methyl sites for hydroxylation is 1. The van der Waals surface area contributed by atoms with E-state index in [2.05, 4.69) is 9.98 Å². The number of nitrogens with two attached hydrogens (primary N) is 1. The third kappa shape index (κ3) is 0.887. The number of fused-ring (bicyclic) bond motifs is 1. The fraction of sp³-hybridized carbons (Fsp3) is 0.125. The molecule has 2 rings (SSSR count). The SMILES string of the molecule is Cc1cc2c(cc1N)=NC(=O)N=2. The van der Waals surface area contributed by atoms with E-state index in [1.165, 1.54) is 0 Å². The first-order valence-corrected chi connectivity index (χ1v) is 3.54. The summed E-state index contributed by atoms with van der Waals surface area (Å²) in [5.74, 6) is 0. The molecule has 0 unspecified atom stereocenters. The summed E-state index contributed by atoms with van der Waals surface area (Å²) in [5, 5.41) is 1.19. The molecule has 60 valence electrons. The Kier molecular flexibility index (Phi) is 1.24. The summed E-state index contributed by atoms with van der Waals surface area (Å²) in [6.07, 6.45) is 0. The molecule has 0 spiro atoms. The molecule has 1 aliphatic rings. The number of anilines is 1. The molecule has 0 radical (unpaired) electrons. The number of rotatable bonds is 0. The van der Waals surface area contributed by atoms with E-state index >= 15 is 0 Å². The van der Waals surface area contributed by atoms with Crippen molar-refractivity contribution < 1.29 is 4.79 Å². The molecule has 0 fully saturated rings. The maximum absolute atomic E-state index is 10.7. The molecule has 0 aromatic heterocycles.